The Hall–Kier alpha value is -4.97. The van der Waals surface area contributed by atoms with E-state index in [2.05, 4.69) is 221 Å². The monoisotopic (exact) mass is 666 g/mol. The molecule has 2 heteroatoms. The van der Waals surface area contributed by atoms with Crippen LogP contribution >= 0.6 is 7.26 Å². The SMILES string of the molecule is CCCC[P+](c1ccccc1)(c1ccccc1)c1ccccc1.Cc1cccc([B-](c2ccccc2)(c2ccccc2)c2ccccc2)c1C. The Balaban J connectivity index is 0.000000175. The molecule has 0 amide bonds. The summed E-state index contributed by atoms with van der Waals surface area (Å²) in [7, 11) is -1.57. The Morgan fingerprint density at radius 3 is 1.08 bits per heavy atom. The fourth-order valence-corrected chi connectivity index (χ4v) is 12.4. The van der Waals surface area contributed by atoms with Crippen molar-refractivity contribution < 1.29 is 0 Å². The summed E-state index contributed by atoms with van der Waals surface area (Å²) in [6, 6.07) is 73.0. The minimum atomic E-state index is -1.57. The van der Waals surface area contributed by atoms with E-state index in [0.717, 1.165) is 0 Å². The molecule has 0 radical (unpaired) electrons. The van der Waals surface area contributed by atoms with Crippen molar-refractivity contribution in [2.24, 2.45) is 0 Å². The van der Waals surface area contributed by atoms with Crippen molar-refractivity contribution >= 4 is 51.2 Å². The average Bonchev–Trinajstić information content (AvgIpc) is 3.20. The zero-order valence-corrected chi connectivity index (χ0v) is 30.6. The summed E-state index contributed by atoms with van der Waals surface area (Å²) in [6.45, 7) is 6.76. The molecular weight excluding hydrogens is 618 g/mol. The van der Waals surface area contributed by atoms with Crippen LogP contribution in [-0.2, 0) is 0 Å². The first kappa shape index (κ1) is 34.9. The van der Waals surface area contributed by atoms with Gasteiger partial charge in [0.2, 0.25) is 0 Å². The zero-order chi connectivity index (χ0) is 34.7. The summed E-state index contributed by atoms with van der Waals surface area (Å²) in [5.41, 5.74) is 8.16. The Morgan fingerprint density at radius 1 is 0.400 bits per heavy atom. The lowest BCUT2D eigenvalue weighted by Gasteiger charge is -2.45. The molecule has 0 atom stereocenters. The second-order valence-corrected chi connectivity index (χ2v) is 16.9. The normalized spacial score (nSPS) is 11.3. The van der Waals surface area contributed by atoms with E-state index in [9.17, 15) is 0 Å². The van der Waals surface area contributed by atoms with Gasteiger partial charge in [0, 0.05) is 0 Å². The summed E-state index contributed by atoms with van der Waals surface area (Å²) in [4.78, 5) is 0. The van der Waals surface area contributed by atoms with Crippen LogP contribution in [0.4, 0.5) is 0 Å². The molecule has 7 aromatic rings. The maximum atomic E-state index is 2.32. The van der Waals surface area contributed by atoms with Crippen molar-refractivity contribution in [3.63, 3.8) is 0 Å². The molecule has 0 aliphatic rings. The molecule has 0 aromatic heterocycles. The van der Waals surface area contributed by atoms with Crippen molar-refractivity contribution in [2.75, 3.05) is 6.16 Å². The van der Waals surface area contributed by atoms with E-state index in [-0.39, 0.29) is 0 Å². The fourth-order valence-electron chi connectivity index (χ4n) is 7.86. The summed E-state index contributed by atoms with van der Waals surface area (Å²) >= 11 is 0. The van der Waals surface area contributed by atoms with E-state index >= 15 is 0 Å². The minimum absolute atomic E-state index is 1.23. The molecule has 50 heavy (non-hydrogen) atoms. The first-order valence-corrected chi connectivity index (χ1v) is 20.0. The molecule has 0 N–H and O–H groups in total. The largest absolute Gasteiger partial charge is 0.195 e. The number of hydrogen-bond donors (Lipinski definition) is 0. The molecular formula is C48H48BP. The topological polar surface area (TPSA) is 0 Å². The van der Waals surface area contributed by atoms with Crippen LogP contribution in [0, 0.1) is 13.8 Å². The molecule has 0 spiro atoms. The van der Waals surface area contributed by atoms with E-state index in [1.54, 1.807) is 0 Å². The molecule has 0 unspecified atom stereocenters. The second kappa shape index (κ2) is 16.6. The van der Waals surface area contributed by atoms with E-state index in [4.69, 9.17) is 0 Å². The van der Waals surface area contributed by atoms with Crippen LogP contribution in [0.2, 0.25) is 0 Å². The molecule has 0 saturated carbocycles. The van der Waals surface area contributed by atoms with Gasteiger partial charge in [0.15, 0.2) is 0 Å². The van der Waals surface area contributed by atoms with Crippen molar-refractivity contribution in [3.05, 3.63) is 211 Å². The number of aryl methyl sites for hydroxylation is 1. The lowest BCUT2D eigenvalue weighted by molar-refractivity contribution is 0.891. The van der Waals surface area contributed by atoms with Gasteiger partial charge >= 0.3 is 0 Å². The van der Waals surface area contributed by atoms with Crippen LogP contribution in [0.1, 0.15) is 30.9 Å². The zero-order valence-electron chi connectivity index (χ0n) is 29.7. The second-order valence-electron chi connectivity index (χ2n) is 13.3. The Morgan fingerprint density at radius 2 is 0.740 bits per heavy atom. The highest BCUT2D eigenvalue weighted by Crippen LogP contribution is 2.55. The van der Waals surface area contributed by atoms with Gasteiger partial charge in [-0.15, -0.1) is 0 Å². The molecule has 248 valence electrons. The van der Waals surface area contributed by atoms with Crippen molar-refractivity contribution in [1.82, 2.24) is 0 Å². The van der Waals surface area contributed by atoms with Crippen LogP contribution in [0.25, 0.3) is 0 Å². The van der Waals surface area contributed by atoms with Gasteiger partial charge in [-0.05, 0) is 56.7 Å². The van der Waals surface area contributed by atoms with Gasteiger partial charge in [-0.1, -0.05) is 188 Å². The van der Waals surface area contributed by atoms with Crippen LogP contribution in [0.3, 0.4) is 0 Å². The van der Waals surface area contributed by atoms with Gasteiger partial charge in [-0.3, -0.25) is 0 Å². The van der Waals surface area contributed by atoms with Crippen LogP contribution < -0.4 is 37.8 Å². The molecule has 0 fully saturated rings. The molecule has 7 rings (SSSR count). The highest BCUT2D eigenvalue weighted by molar-refractivity contribution is 7.95. The van der Waals surface area contributed by atoms with Gasteiger partial charge in [-0.2, -0.15) is 21.9 Å². The fraction of sp³-hybridized carbons (Fsp3) is 0.125. The predicted octanol–water partition coefficient (Wildman–Crippen LogP) is 8.46. The highest BCUT2D eigenvalue weighted by atomic mass is 31.2. The van der Waals surface area contributed by atoms with Crippen LogP contribution in [0.5, 0.6) is 0 Å². The van der Waals surface area contributed by atoms with E-state index in [1.165, 1.54) is 67.9 Å². The van der Waals surface area contributed by atoms with Crippen molar-refractivity contribution in [3.8, 4) is 0 Å². The van der Waals surface area contributed by atoms with Gasteiger partial charge in [0.25, 0.3) is 0 Å². The number of unbranched alkanes of at least 4 members (excludes halogenated alkanes) is 1. The Kier molecular flexibility index (Phi) is 11.6. The third kappa shape index (κ3) is 7.03. The third-order valence-electron chi connectivity index (χ3n) is 10.4. The average molecular weight is 667 g/mol. The van der Waals surface area contributed by atoms with Gasteiger partial charge in [0.1, 0.15) is 29.3 Å². The van der Waals surface area contributed by atoms with E-state index < -0.39 is 13.4 Å². The van der Waals surface area contributed by atoms with Crippen molar-refractivity contribution in [2.45, 2.75) is 33.6 Å². The quantitative estimate of drug-likeness (QED) is 0.102. The summed E-state index contributed by atoms with van der Waals surface area (Å²) in [6.07, 6.45) is 2.46. The van der Waals surface area contributed by atoms with E-state index in [0.29, 0.717) is 0 Å². The molecule has 7 aromatic carbocycles. The predicted molar refractivity (Wildman–Crippen MR) is 224 cm³/mol. The Labute approximate surface area is 301 Å². The lowest BCUT2D eigenvalue weighted by Crippen LogP contribution is -2.75. The third-order valence-corrected chi connectivity index (χ3v) is 15.0. The van der Waals surface area contributed by atoms with Crippen LogP contribution in [-0.4, -0.2) is 12.3 Å². The van der Waals surface area contributed by atoms with E-state index in [1.807, 2.05) is 0 Å². The summed E-state index contributed by atoms with van der Waals surface area (Å²) in [5.74, 6) is 0. The standard InChI is InChI=1S/C26H24B.C22H24P/c1-21-13-12-20-26(22(21)2)27(23-14-6-3-7-15-23,24-16-8-4-9-17-24)25-18-10-5-11-19-25;1-2-3-19-23(20-13-7-4-8-14-20,21-15-9-5-10-16-21)22-17-11-6-12-18-22/h3-20H,1-2H3;4-18H,2-3,19H2,1H3/q-1;+1. The summed E-state index contributed by atoms with van der Waals surface area (Å²) in [5, 5.41) is 4.47. The number of benzene rings is 7. The van der Waals surface area contributed by atoms with Gasteiger partial charge < -0.3 is 0 Å². The number of hydrogen-bond acceptors (Lipinski definition) is 0. The number of rotatable bonds is 10. The maximum absolute atomic E-state index is 2.32. The van der Waals surface area contributed by atoms with Gasteiger partial charge in [-0.25, -0.2) is 0 Å². The highest BCUT2D eigenvalue weighted by Gasteiger charge is 2.44. The van der Waals surface area contributed by atoms with Crippen LogP contribution in [0.15, 0.2) is 200 Å². The first-order valence-electron chi connectivity index (χ1n) is 18.1. The molecule has 0 heterocycles. The smallest absolute Gasteiger partial charge is 0.112 e. The molecule has 0 aliphatic heterocycles. The summed E-state index contributed by atoms with van der Waals surface area (Å²) < 4.78 is 0. The van der Waals surface area contributed by atoms with Crippen molar-refractivity contribution in [1.29, 1.82) is 0 Å². The maximum Gasteiger partial charge on any atom is 0.112 e. The molecule has 0 bridgehead atoms. The molecule has 0 saturated heterocycles. The lowest BCUT2D eigenvalue weighted by atomic mass is 9.12. The molecule has 0 nitrogen and oxygen atoms in total. The first-order chi connectivity index (χ1) is 24.6. The molecule has 0 aliphatic carbocycles. The minimum Gasteiger partial charge on any atom is -0.195 e. The Bertz CT molecular complexity index is 1830. The van der Waals surface area contributed by atoms with Gasteiger partial charge in [0.05, 0.1) is 6.16 Å².